The number of benzene rings is 1. The predicted octanol–water partition coefficient (Wildman–Crippen LogP) is 4.78. The molecule has 1 atom stereocenters. The smallest absolute Gasteiger partial charge is 0.253 e. The number of anilines is 1. The monoisotopic (exact) mass is 455 g/mol. The van der Waals surface area contributed by atoms with E-state index in [2.05, 4.69) is 28.9 Å². The minimum atomic E-state index is 0.111. The molecule has 1 amide bonds. The van der Waals surface area contributed by atoms with Crippen molar-refractivity contribution in [3.05, 3.63) is 82.9 Å². The van der Waals surface area contributed by atoms with Crippen molar-refractivity contribution in [3.63, 3.8) is 0 Å². The van der Waals surface area contributed by atoms with Gasteiger partial charge in [0.1, 0.15) is 0 Å². The molecule has 0 spiro atoms. The molecule has 1 aromatic carbocycles. The van der Waals surface area contributed by atoms with Crippen LogP contribution in [0.1, 0.15) is 71.0 Å². The molecule has 34 heavy (non-hydrogen) atoms. The van der Waals surface area contributed by atoms with Crippen LogP contribution in [0.3, 0.4) is 0 Å². The summed E-state index contributed by atoms with van der Waals surface area (Å²) in [4.78, 5) is 32.0. The highest BCUT2D eigenvalue weighted by Crippen LogP contribution is 2.29. The average Bonchev–Trinajstić information content (AvgIpc) is 2.89. The molecule has 5 rings (SSSR count). The molecule has 1 unspecified atom stereocenters. The summed E-state index contributed by atoms with van der Waals surface area (Å²) in [7, 11) is 0. The fourth-order valence-corrected chi connectivity index (χ4v) is 5.09. The Morgan fingerprint density at radius 3 is 2.56 bits per heavy atom. The molecule has 0 bridgehead atoms. The number of nitrogens with zero attached hydrogens (tertiary/aromatic N) is 5. The SMILES string of the molecule is Cc1ccnc(Cc2cc(C3CCCN(C(=O)c4ccccc4)C3)nc(N3CCCCC3)n2)c1. The summed E-state index contributed by atoms with van der Waals surface area (Å²) in [6.45, 7) is 5.61. The number of aromatic nitrogens is 3. The zero-order valence-corrected chi connectivity index (χ0v) is 20.0. The molecule has 2 aliphatic rings. The molecule has 0 saturated carbocycles. The second kappa shape index (κ2) is 10.3. The second-order valence-electron chi connectivity index (χ2n) is 9.59. The van der Waals surface area contributed by atoms with E-state index in [0.29, 0.717) is 13.0 Å². The van der Waals surface area contributed by atoms with Gasteiger partial charge in [-0.1, -0.05) is 18.2 Å². The van der Waals surface area contributed by atoms with Crippen molar-refractivity contribution >= 4 is 11.9 Å². The molecular formula is C28H33N5O. The first-order chi connectivity index (χ1) is 16.7. The minimum Gasteiger partial charge on any atom is -0.341 e. The summed E-state index contributed by atoms with van der Waals surface area (Å²) in [5.74, 6) is 1.17. The van der Waals surface area contributed by atoms with Crippen LogP contribution < -0.4 is 4.90 Å². The van der Waals surface area contributed by atoms with Gasteiger partial charge in [-0.2, -0.15) is 0 Å². The zero-order valence-electron chi connectivity index (χ0n) is 20.0. The summed E-state index contributed by atoms with van der Waals surface area (Å²) in [6, 6.07) is 15.9. The Morgan fingerprint density at radius 1 is 0.941 bits per heavy atom. The summed E-state index contributed by atoms with van der Waals surface area (Å²) in [5.41, 5.74) is 5.06. The Hall–Kier alpha value is -3.28. The standard InChI is InChI=1S/C28H33N5O/c1-21-12-13-29-24(17-21)18-25-19-26(31-28(30-25)32-14-6-3-7-15-32)23-11-8-16-33(20-23)27(34)22-9-4-2-5-10-22/h2,4-5,9-10,12-13,17,19,23H,3,6-8,11,14-16,18,20H2,1H3. The van der Waals surface area contributed by atoms with E-state index >= 15 is 0 Å². The Bertz CT molecular complexity index is 1130. The van der Waals surface area contributed by atoms with Gasteiger partial charge in [-0.05, 0) is 74.9 Å². The number of aryl methyl sites for hydroxylation is 1. The number of hydrogen-bond donors (Lipinski definition) is 0. The van der Waals surface area contributed by atoms with E-state index in [1.165, 1.54) is 24.8 Å². The molecule has 0 aliphatic carbocycles. The molecule has 2 fully saturated rings. The van der Waals surface area contributed by atoms with Gasteiger partial charge in [-0.25, -0.2) is 9.97 Å². The number of carbonyl (C=O) groups excluding carboxylic acids is 1. The van der Waals surface area contributed by atoms with Crippen LogP contribution in [0.15, 0.2) is 54.7 Å². The summed E-state index contributed by atoms with van der Waals surface area (Å²) in [6.07, 6.45) is 8.23. The van der Waals surface area contributed by atoms with Crippen LogP contribution >= 0.6 is 0 Å². The van der Waals surface area contributed by atoms with Crippen LogP contribution in [0.4, 0.5) is 5.95 Å². The lowest BCUT2D eigenvalue weighted by Gasteiger charge is -2.33. The van der Waals surface area contributed by atoms with E-state index < -0.39 is 0 Å². The van der Waals surface area contributed by atoms with Gasteiger partial charge in [0.15, 0.2) is 0 Å². The zero-order chi connectivity index (χ0) is 23.3. The third-order valence-corrected chi connectivity index (χ3v) is 6.91. The molecule has 2 aromatic heterocycles. The number of likely N-dealkylation sites (tertiary alicyclic amines) is 1. The number of amides is 1. The maximum Gasteiger partial charge on any atom is 0.253 e. The lowest BCUT2D eigenvalue weighted by Crippen LogP contribution is -2.39. The maximum absolute atomic E-state index is 13.1. The number of piperidine rings is 2. The van der Waals surface area contributed by atoms with Crippen molar-refractivity contribution < 1.29 is 4.79 Å². The molecule has 0 radical (unpaired) electrons. The lowest BCUT2D eigenvalue weighted by atomic mass is 9.93. The van der Waals surface area contributed by atoms with Crippen LogP contribution in [0.2, 0.25) is 0 Å². The average molecular weight is 456 g/mol. The minimum absolute atomic E-state index is 0.111. The highest BCUT2D eigenvalue weighted by Gasteiger charge is 2.28. The van der Waals surface area contributed by atoms with Gasteiger partial charge in [-0.15, -0.1) is 0 Å². The Kier molecular flexibility index (Phi) is 6.84. The molecule has 0 N–H and O–H groups in total. The van der Waals surface area contributed by atoms with Gasteiger partial charge in [0, 0.05) is 56.0 Å². The maximum atomic E-state index is 13.1. The predicted molar refractivity (Wildman–Crippen MR) is 134 cm³/mol. The van der Waals surface area contributed by atoms with Crippen LogP contribution in [0, 0.1) is 6.92 Å². The number of pyridine rings is 1. The number of carbonyl (C=O) groups is 1. The van der Waals surface area contributed by atoms with Crippen molar-refractivity contribution in [2.45, 2.75) is 51.4 Å². The third kappa shape index (κ3) is 5.27. The number of rotatable bonds is 5. The van der Waals surface area contributed by atoms with Gasteiger partial charge in [0.2, 0.25) is 5.95 Å². The highest BCUT2D eigenvalue weighted by atomic mass is 16.2. The van der Waals surface area contributed by atoms with Crippen molar-refractivity contribution in [1.29, 1.82) is 0 Å². The lowest BCUT2D eigenvalue weighted by molar-refractivity contribution is 0.0706. The fraction of sp³-hybridized carbons (Fsp3) is 0.429. The van der Waals surface area contributed by atoms with E-state index in [-0.39, 0.29) is 11.8 Å². The largest absolute Gasteiger partial charge is 0.341 e. The third-order valence-electron chi connectivity index (χ3n) is 6.91. The molecule has 176 valence electrons. The van der Waals surface area contributed by atoms with Gasteiger partial charge in [0.05, 0.1) is 11.4 Å². The van der Waals surface area contributed by atoms with Crippen LogP contribution in [0.5, 0.6) is 0 Å². The van der Waals surface area contributed by atoms with E-state index in [1.807, 2.05) is 47.5 Å². The van der Waals surface area contributed by atoms with Gasteiger partial charge in [-0.3, -0.25) is 9.78 Å². The Labute approximate surface area is 202 Å². The van der Waals surface area contributed by atoms with E-state index in [4.69, 9.17) is 9.97 Å². The van der Waals surface area contributed by atoms with Gasteiger partial charge < -0.3 is 9.80 Å². The topological polar surface area (TPSA) is 62.2 Å². The van der Waals surface area contributed by atoms with Crippen molar-refractivity contribution in [3.8, 4) is 0 Å². The quantitative estimate of drug-likeness (QED) is 0.554. The van der Waals surface area contributed by atoms with Crippen molar-refractivity contribution in [2.24, 2.45) is 0 Å². The summed E-state index contributed by atoms with van der Waals surface area (Å²) in [5, 5.41) is 0. The van der Waals surface area contributed by atoms with Crippen LogP contribution in [-0.4, -0.2) is 51.9 Å². The molecule has 2 saturated heterocycles. The van der Waals surface area contributed by atoms with E-state index in [1.54, 1.807) is 0 Å². The summed E-state index contributed by atoms with van der Waals surface area (Å²) >= 11 is 0. The van der Waals surface area contributed by atoms with Crippen molar-refractivity contribution in [2.75, 3.05) is 31.1 Å². The Morgan fingerprint density at radius 2 is 1.76 bits per heavy atom. The Balaban J connectivity index is 1.42. The van der Waals surface area contributed by atoms with Crippen LogP contribution in [0.25, 0.3) is 0 Å². The summed E-state index contributed by atoms with van der Waals surface area (Å²) < 4.78 is 0. The fourth-order valence-electron chi connectivity index (χ4n) is 5.09. The van der Waals surface area contributed by atoms with E-state index in [0.717, 1.165) is 61.1 Å². The van der Waals surface area contributed by atoms with Crippen LogP contribution in [-0.2, 0) is 6.42 Å². The molecule has 2 aliphatic heterocycles. The molecule has 6 nitrogen and oxygen atoms in total. The molecule has 3 aromatic rings. The molecule has 6 heteroatoms. The van der Waals surface area contributed by atoms with E-state index in [9.17, 15) is 4.79 Å². The van der Waals surface area contributed by atoms with Crippen molar-refractivity contribution in [1.82, 2.24) is 19.9 Å². The second-order valence-corrected chi connectivity index (χ2v) is 9.59. The first-order valence-corrected chi connectivity index (χ1v) is 12.5. The van der Waals surface area contributed by atoms with Gasteiger partial charge in [0.25, 0.3) is 5.91 Å². The molecular weight excluding hydrogens is 422 g/mol. The molecule has 4 heterocycles. The normalized spacial score (nSPS) is 18.7. The first kappa shape index (κ1) is 22.5. The van der Waals surface area contributed by atoms with Gasteiger partial charge >= 0.3 is 0 Å². The first-order valence-electron chi connectivity index (χ1n) is 12.5. The highest BCUT2D eigenvalue weighted by molar-refractivity contribution is 5.94. The number of hydrogen-bond acceptors (Lipinski definition) is 5.